The molecule has 0 saturated carbocycles. The normalized spacial score (nSPS) is 19.2. The fourth-order valence-corrected chi connectivity index (χ4v) is 1.82. The molecule has 1 aliphatic heterocycles. The number of nitrogens with zero attached hydrogens (tertiary/aromatic N) is 2. The topological polar surface area (TPSA) is 18.5 Å². The molecule has 17 heavy (non-hydrogen) atoms. The molecular formula is C11H18F3N3. The number of terminal acetylenes is 1. The van der Waals surface area contributed by atoms with Gasteiger partial charge >= 0.3 is 6.18 Å². The molecule has 1 aliphatic rings. The van der Waals surface area contributed by atoms with Crippen LogP contribution in [0.4, 0.5) is 13.2 Å². The first-order valence-electron chi connectivity index (χ1n) is 5.67. The monoisotopic (exact) mass is 249 g/mol. The molecule has 1 rings (SSSR count). The second-order valence-corrected chi connectivity index (χ2v) is 4.11. The largest absolute Gasteiger partial charge is 0.401 e. The van der Waals surface area contributed by atoms with Gasteiger partial charge in [-0.05, 0) is 0 Å². The van der Waals surface area contributed by atoms with Crippen LogP contribution >= 0.6 is 0 Å². The van der Waals surface area contributed by atoms with E-state index in [0.29, 0.717) is 32.7 Å². The number of rotatable bonds is 5. The highest BCUT2D eigenvalue weighted by Gasteiger charge is 2.31. The van der Waals surface area contributed by atoms with Crippen LogP contribution in [0.15, 0.2) is 0 Å². The Morgan fingerprint density at radius 1 is 1.12 bits per heavy atom. The van der Waals surface area contributed by atoms with Gasteiger partial charge in [0.15, 0.2) is 0 Å². The fraction of sp³-hybridized carbons (Fsp3) is 0.818. The van der Waals surface area contributed by atoms with E-state index in [1.165, 1.54) is 4.90 Å². The molecule has 0 aromatic heterocycles. The van der Waals surface area contributed by atoms with Crippen molar-refractivity contribution in [2.75, 3.05) is 52.4 Å². The highest BCUT2D eigenvalue weighted by atomic mass is 19.4. The molecule has 0 aromatic carbocycles. The first-order chi connectivity index (χ1) is 8.01. The van der Waals surface area contributed by atoms with E-state index in [1.54, 1.807) is 0 Å². The van der Waals surface area contributed by atoms with Crippen molar-refractivity contribution in [2.24, 2.45) is 0 Å². The number of hydrogen-bond acceptors (Lipinski definition) is 3. The SMILES string of the molecule is C#CCNCCN1CCN(CC(F)(F)F)CC1. The van der Waals surface area contributed by atoms with E-state index in [-0.39, 0.29) is 0 Å². The standard InChI is InChI=1S/C11H18F3N3/c1-2-3-15-4-5-16-6-8-17(9-7-16)10-11(12,13)14/h1,15H,3-10H2. The molecule has 0 amide bonds. The zero-order chi connectivity index (χ0) is 12.7. The van der Waals surface area contributed by atoms with E-state index in [0.717, 1.165) is 13.1 Å². The summed E-state index contributed by atoms with van der Waals surface area (Å²) >= 11 is 0. The van der Waals surface area contributed by atoms with Gasteiger partial charge in [-0.15, -0.1) is 6.42 Å². The highest BCUT2D eigenvalue weighted by molar-refractivity contribution is 4.86. The smallest absolute Gasteiger partial charge is 0.305 e. The van der Waals surface area contributed by atoms with Crippen LogP contribution in [0.2, 0.25) is 0 Å². The quantitative estimate of drug-likeness (QED) is 0.562. The molecule has 3 nitrogen and oxygen atoms in total. The van der Waals surface area contributed by atoms with Gasteiger partial charge in [-0.25, -0.2) is 0 Å². The van der Waals surface area contributed by atoms with Crippen molar-refractivity contribution in [1.82, 2.24) is 15.1 Å². The van der Waals surface area contributed by atoms with E-state index >= 15 is 0 Å². The Morgan fingerprint density at radius 3 is 2.24 bits per heavy atom. The third kappa shape index (κ3) is 6.51. The zero-order valence-corrected chi connectivity index (χ0v) is 9.76. The number of hydrogen-bond donors (Lipinski definition) is 1. The van der Waals surface area contributed by atoms with Crippen LogP contribution in [-0.2, 0) is 0 Å². The van der Waals surface area contributed by atoms with Crippen LogP contribution in [0.25, 0.3) is 0 Å². The third-order valence-electron chi connectivity index (χ3n) is 2.70. The average Bonchev–Trinajstić information content (AvgIpc) is 2.25. The van der Waals surface area contributed by atoms with Gasteiger partial charge in [0.25, 0.3) is 0 Å². The number of nitrogens with one attached hydrogen (secondary N) is 1. The molecule has 98 valence electrons. The van der Waals surface area contributed by atoms with E-state index in [1.807, 2.05) is 0 Å². The lowest BCUT2D eigenvalue weighted by Gasteiger charge is -2.34. The van der Waals surface area contributed by atoms with E-state index in [4.69, 9.17) is 6.42 Å². The minimum atomic E-state index is -4.09. The first-order valence-corrected chi connectivity index (χ1v) is 5.67. The van der Waals surface area contributed by atoms with Crippen LogP contribution < -0.4 is 5.32 Å². The van der Waals surface area contributed by atoms with Crippen molar-refractivity contribution in [3.05, 3.63) is 0 Å². The summed E-state index contributed by atoms with van der Waals surface area (Å²) in [5.41, 5.74) is 0. The van der Waals surface area contributed by atoms with Gasteiger partial charge in [-0.3, -0.25) is 9.80 Å². The first kappa shape index (κ1) is 14.3. The molecule has 0 radical (unpaired) electrons. The number of alkyl halides is 3. The summed E-state index contributed by atoms with van der Waals surface area (Å²) in [6, 6.07) is 0. The second-order valence-electron chi connectivity index (χ2n) is 4.11. The maximum absolute atomic E-state index is 12.1. The molecule has 0 spiro atoms. The van der Waals surface area contributed by atoms with Crippen LogP contribution in [0, 0.1) is 12.3 Å². The molecular weight excluding hydrogens is 231 g/mol. The molecule has 0 aliphatic carbocycles. The van der Waals surface area contributed by atoms with E-state index < -0.39 is 12.7 Å². The number of halogens is 3. The Kier molecular flexibility index (Phi) is 5.75. The molecule has 0 unspecified atom stereocenters. The Labute approximate surface area is 99.9 Å². The maximum atomic E-state index is 12.1. The summed E-state index contributed by atoms with van der Waals surface area (Å²) in [5.74, 6) is 2.48. The number of piperazine rings is 1. The Morgan fingerprint density at radius 2 is 1.71 bits per heavy atom. The lowest BCUT2D eigenvalue weighted by Crippen LogP contribution is -2.50. The average molecular weight is 249 g/mol. The summed E-state index contributed by atoms with van der Waals surface area (Å²) in [5, 5.41) is 3.06. The van der Waals surface area contributed by atoms with Gasteiger partial charge in [0.1, 0.15) is 0 Å². The molecule has 0 atom stereocenters. The lowest BCUT2D eigenvalue weighted by atomic mass is 10.3. The van der Waals surface area contributed by atoms with Crippen molar-refractivity contribution >= 4 is 0 Å². The summed E-state index contributed by atoms with van der Waals surface area (Å²) in [7, 11) is 0. The van der Waals surface area contributed by atoms with Crippen molar-refractivity contribution in [3.8, 4) is 12.3 Å². The predicted molar refractivity (Wildman–Crippen MR) is 60.6 cm³/mol. The van der Waals surface area contributed by atoms with E-state index in [2.05, 4.69) is 16.1 Å². The predicted octanol–water partition coefficient (Wildman–Crippen LogP) is 0.389. The van der Waals surface area contributed by atoms with Gasteiger partial charge < -0.3 is 5.32 Å². The minimum Gasteiger partial charge on any atom is -0.305 e. The van der Waals surface area contributed by atoms with Crippen molar-refractivity contribution in [3.63, 3.8) is 0 Å². The highest BCUT2D eigenvalue weighted by Crippen LogP contribution is 2.17. The van der Waals surface area contributed by atoms with Crippen LogP contribution in [0.1, 0.15) is 0 Å². The van der Waals surface area contributed by atoms with Crippen molar-refractivity contribution < 1.29 is 13.2 Å². The van der Waals surface area contributed by atoms with Gasteiger partial charge in [0, 0.05) is 39.3 Å². The Bertz CT molecular complexity index is 252. The summed E-state index contributed by atoms with van der Waals surface area (Å²) in [6.45, 7) is 3.69. The van der Waals surface area contributed by atoms with E-state index in [9.17, 15) is 13.2 Å². The molecule has 6 heteroatoms. The molecule has 1 saturated heterocycles. The lowest BCUT2D eigenvalue weighted by molar-refractivity contribution is -0.149. The maximum Gasteiger partial charge on any atom is 0.401 e. The van der Waals surface area contributed by atoms with Crippen molar-refractivity contribution in [1.29, 1.82) is 0 Å². The molecule has 1 heterocycles. The van der Waals surface area contributed by atoms with Gasteiger partial charge in [-0.2, -0.15) is 13.2 Å². The minimum absolute atomic E-state index is 0.481. The van der Waals surface area contributed by atoms with Crippen LogP contribution in [0.3, 0.4) is 0 Å². The molecule has 0 aromatic rings. The molecule has 1 N–H and O–H groups in total. The van der Waals surface area contributed by atoms with Crippen molar-refractivity contribution in [2.45, 2.75) is 6.18 Å². The zero-order valence-electron chi connectivity index (χ0n) is 9.76. The van der Waals surface area contributed by atoms with Gasteiger partial charge in [0.05, 0.1) is 13.1 Å². The molecule has 1 fully saturated rings. The molecule has 0 bridgehead atoms. The summed E-state index contributed by atoms with van der Waals surface area (Å²) in [4.78, 5) is 3.60. The third-order valence-corrected chi connectivity index (χ3v) is 2.70. The summed E-state index contributed by atoms with van der Waals surface area (Å²) < 4.78 is 36.4. The van der Waals surface area contributed by atoms with Crippen LogP contribution in [0.5, 0.6) is 0 Å². The Hall–Kier alpha value is -0.770. The fourth-order valence-electron chi connectivity index (χ4n) is 1.82. The summed E-state index contributed by atoms with van der Waals surface area (Å²) in [6.07, 6.45) is 0.999. The Balaban J connectivity index is 2.11. The van der Waals surface area contributed by atoms with Gasteiger partial charge in [-0.1, -0.05) is 5.92 Å². The van der Waals surface area contributed by atoms with Crippen LogP contribution in [-0.4, -0.2) is 68.3 Å². The second kappa shape index (κ2) is 6.84. The van der Waals surface area contributed by atoms with Gasteiger partial charge in [0.2, 0.25) is 0 Å².